The van der Waals surface area contributed by atoms with Crippen LogP contribution in [0.4, 0.5) is 9.59 Å². The van der Waals surface area contributed by atoms with Crippen LogP contribution in [0.1, 0.15) is 72.1 Å². The fourth-order valence-corrected chi connectivity index (χ4v) is 5.76. The molecule has 1 amide bonds. The molecule has 1 aliphatic rings. The molecule has 12 nitrogen and oxygen atoms in total. The van der Waals surface area contributed by atoms with E-state index in [4.69, 9.17) is 14.2 Å². The summed E-state index contributed by atoms with van der Waals surface area (Å²) in [6.07, 6.45) is 9.66. The molecule has 1 saturated carbocycles. The monoisotopic (exact) mass is 641 g/mol. The van der Waals surface area contributed by atoms with Crippen molar-refractivity contribution < 1.29 is 23.8 Å². The Kier molecular flexibility index (Phi) is 8.46. The Morgan fingerprint density at radius 3 is 2.43 bits per heavy atom. The fourth-order valence-electron chi connectivity index (χ4n) is 5.76. The van der Waals surface area contributed by atoms with Gasteiger partial charge in [-0.1, -0.05) is 23.8 Å². The molecule has 0 spiro atoms. The smallest absolute Gasteiger partial charge is 0.419 e. The third-order valence-electron chi connectivity index (χ3n) is 8.12. The van der Waals surface area contributed by atoms with Gasteiger partial charge in [-0.25, -0.2) is 23.8 Å². The molecule has 0 bridgehead atoms. The maximum Gasteiger partial charge on any atom is 0.419 e. The van der Waals surface area contributed by atoms with Crippen LogP contribution in [0.25, 0.3) is 27.7 Å². The van der Waals surface area contributed by atoms with Crippen molar-refractivity contribution in [3.05, 3.63) is 66.5 Å². The molecule has 1 aromatic carbocycles. The number of hydrogen-bond acceptors (Lipinski definition) is 8. The van der Waals surface area contributed by atoms with Crippen LogP contribution in [0.15, 0.2) is 55.2 Å². The number of methoxy groups -OCH3 is 1. The Morgan fingerprint density at radius 1 is 0.979 bits per heavy atom. The number of amides is 1. The van der Waals surface area contributed by atoms with Crippen molar-refractivity contribution in [1.82, 2.24) is 33.8 Å². The SMILES string of the molecule is COc1cc(-c2cn(Cc3ccc4cc(CN(CC5CCC5)C(=O)OC(C)(C)C)n(C(=O)OC(C)(C)C)c4c3)nn2)c2cncn2c1. The van der Waals surface area contributed by atoms with Gasteiger partial charge in [0.2, 0.25) is 0 Å². The van der Waals surface area contributed by atoms with E-state index in [1.807, 2.05) is 88.7 Å². The number of pyridine rings is 1. The van der Waals surface area contributed by atoms with Crippen molar-refractivity contribution in [3.8, 4) is 17.0 Å². The van der Waals surface area contributed by atoms with Gasteiger partial charge in [0.05, 0.1) is 56.2 Å². The van der Waals surface area contributed by atoms with Crippen LogP contribution < -0.4 is 4.74 Å². The number of carbonyl (C=O) groups excluding carboxylic acids is 2. The summed E-state index contributed by atoms with van der Waals surface area (Å²) >= 11 is 0. The van der Waals surface area contributed by atoms with Crippen LogP contribution >= 0.6 is 0 Å². The van der Waals surface area contributed by atoms with Crippen LogP contribution in [0.3, 0.4) is 0 Å². The summed E-state index contributed by atoms with van der Waals surface area (Å²) < 4.78 is 22.4. The van der Waals surface area contributed by atoms with Crippen LogP contribution in [0.2, 0.25) is 0 Å². The molecule has 0 radical (unpaired) electrons. The minimum Gasteiger partial charge on any atom is -0.495 e. The molecule has 0 aliphatic heterocycles. The van der Waals surface area contributed by atoms with Gasteiger partial charge in [-0.2, -0.15) is 0 Å². The van der Waals surface area contributed by atoms with E-state index in [0.717, 1.165) is 41.3 Å². The molecule has 0 N–H and O–H groups in total. The Hall–Kier alpha value is -4.87. The van der Waals surface area contributed by atoms with Crippen molar-refractivity contribution in [1.29, 1.82) is 0 Å². The van der Waals surface area contributed by atoms with Gasteiger partial charge in [0.1, 0.15) is 22.6 Å². The van der Waals surface area contributed by atoms with Crippen LogP contribution in [-0.4, -0.2) is 70.9 Å². The minimum absolute atomic E-state index is 0.213. The standard InChI is InChI=1S/C35H43N7O5/c1-34(2,3)46-32(43)39(17-23-9-8-10-23)19-26-14-25-12-11-24(13-30(25)42(26)33(44)47-35(4,5)6)18-41-21-29(37-38-41)28-15-27(45-7)20-40-22-36-16-31(28)40/h11-16,20-23H,8-10,17-19H2,1-7H3. The highest BCUT2D eigenvalue weighted by atomic mass is 16.6. The molecule has 0 atom stereocenters. The number of nitrogens with zero attached hydrogens (tertiary/aromatic N) is 7. The first-order valence-corrected chi connectivity index (χ1v) is 16.0. The van der Waals surface area contributed by atoms with E-state index in [1.54, 1.807) is 33.8 Å². The molecule has 4 aromatic heterocycles. The first kappa shape index (κ1) is 32.1. The Labute approximate surface area is 274 Å². The molecule has 0 saturated heterocycles. The predicted octanol–water partition coefficient (Wildman–Crippen LogP) is 6.92. The summed E-state index contributed by atoms with van der Waals surface area (Å²) in [5.41, 5.74) is 3.34. The molecule has 1 aliphatic carbocycles. The lowest BCUT2D eigenvalue weighted by Crippen LogP contribution is -2.41. The molecule has 12 heteroatoms. The van der Waals surface area contributed by atoms with E-state index < -0.39 is 23.4 Å². The van der Waals surface area contributed by atoms with Gasteiger partial charge in [0.15, 0.2) is 0 Å². The van der Waals surface area contributed by atoms with E-state index in [2.05, 4.69) is 15.3 Å². The van der Waals surface area contributed by atoms with Gasteiger partial charge in [-0.15, -0.1) is 5.10 Å². The number of imidazole rings is 1. The third kappa shape index (κ3) is 7.26. The number of benzene rings is 1. The van der Waals surface area contributed by atoms with E-state index in [1.165, 1.54) is 0 Å². The first-order valence-electron chi connectivity index (χ1n) is 16.0. The van der Waals surface area contributed by atoms with Gasteiger partial charge in [-0.3, -0.25) is 0 Å². The predicted molar refractivity (Wildman–Crippen MR) is 177 cm³/mol. The summed E-state index contributed by atoms with van der Waals surface area (Å²) in [7, 11) is 1.62. The summed E-state index contributed by atoms with van der Waals surface area (Å²) in [6, 6.07) is 9.82. The second-order valence-corrected chi connectivity index (χ2v) is 14.3. The van der Waals surface area contributed by atoms with Crippen LogP contribution in [-0.2, 0) is 22.6 Å². The highest BCUT2D eigenvalue weighted by Gasteiger charge is 2.30. The first-order chi connectivity index (χ1) is 22.3. The molecule has 5 aromatic rings. The second-order valence-electron chi connectivity index (χ2n) is 14.3. The lowest BCUT2D eigenvalue weighted by molar-refractivity contribution is 0.0163. The van der Waals surface area contributed by atoms with E-state index in [9.17, 15) is 9.59 Å². The molecular formula is C35H43N7O5. The zero-order chi connectivity index (χ0) is 33.5. The summed E-state index contributed by atoms with van der Waals surface area (Å²) in [6.45, 7) is 12.3. The number of hydrogen-bond donors (Lipinski definition) is 0. The molecule has 1 fully saturated rings. The maximum atomic E-state index is 13.8. The molecule has 248 valence electrons. The van der Waals surface area contributed by atoms with Crippen molar-refractivity contribution in [2.75, 3.05) is 13.7 Å². The number of rotatable bonds is 8. The van der Waals surface area contributed by atoms with Gasteiger partial charge in [0.25, 0.3) is 0 Å². The summed E-state index contributed by atoms with van der Waals surface area (Å²) in [4.78, 5) is 33.1. The Balaban J connectivity index is 1.33. The average molecular weight is 642 g/mol. The molecular weight excluding hydrogens is 598 g/mol. The molecule has 6 rings (SSSR count). The Morgan fingerprint density at radius 2 is 1.74 bits per heavy atom. The molecule has 4 heterocycles. The normalized spacial score (nSPS) is 13.9. The van der Waals surface area contributed by atoms with E-state index >= 15 is 0 Å². The lowest BCUT2D eigenvalue weighted by atomic mass is 9.85. The lowest BCUT2D eigenvalue weighted by Gasteiger charge is -2.33. The van der Waals surface area contributed by atoms with Gasteiger partial charge >= 0.3 is 12.2 Å². The molecule has 47 heavy (non-hydrogen) atoms. The summed E-state index contributed by atoms with van der Waals surface area (Å²) in [5, 5.41) is 9.69. The largest absolute Gasteiger partial charge is 0.495 e. The van der Waals surface area contributed by atoms with E-state index in [-0.39, 0.29) is 6.54 Å². The number of carbonyl (C=O) groups is 2. The van der Waals surface area contributed by atoms with Crippen LogP contribution in [0, 0.1) is 5.92 Å². The Bertz CT molecular complexity index is 1920. The maximum absolute atomic E-state index is 13.8. The zero-order valence-corrected chi connectivity index (χ0v) is 28.2. The van der Waals surface area contributed by atoms with Crippen molar-refractivity contribution in [2.24, 2.45) is 5.92 Å². The summed E-state index contributed by atoms with van der Waals surface area (Å²) in [5.74, 6) is 1.10. The highest BCUT2D eigenvalue weighted by molar-refractivity contribution is 5.91. The van der Waals surface area contributed by atoms with Gasteiger partial charge < -0.3 is 23.5 Å². The number of aromatic nitrogens is 6. The topological polar surface area (TPSA) is 118 Å². The van der Waals surface area contributed by atoms with Crippen molar-refractivity contribution in [2.45, 2.75) is 85.1 Å². The van der Waals surface area contributed by atoms with Crippen molar-refractivity contribution >= 4 is 28.6 Å². The number of fused-ring (bicyclic) bond motifs is 2. The minimum atomic E-state index is -0.711. The quantitative estimate of drug-likeness (QED) is 0.179. The fraction of sp³-hybridized carbons (Fsp3) is 0.457. The van der Waals surface area contributed by atoms with Crippen LogP contribution in [0.5, 0.6) is 5.75 Å². The van der Waals surface area contributed by atoms with Crippen molar-refractivity contribution in [3.63, 3.8) is 0 Å². The highest BCUT2D eigenvalue weighted by Crippen LogP contribution is 2.31. The number of ether oxygens (including phenoxy) is 3. The third-order valence-corrected chi connectivity index (χ3v) is 8.12. The van der Waals surface area contributed by atoms with Gasteiger partial charge in [0, 0.05) is 23.2 Å². The van der Waals surface area contributed by atoms with E-state index in [0.29, 0.717) is 41.7 Å². The van der Waals surface area contributed by atoms with Gasteiger partial charge in [-0.05, 0) is 84.1 Å². The average Bonchev–Trinajstić information content (AvgIpc) is 3.70. The molecule has 0 unspecified atom stereocenters. The zero-order valence-electron chi connectivity index (χ0n) is 28.2. The second kappa shape index (κ2) is 12.4.